The highest BCUT2D eigenvalue weighted by molar-refractivity contribution is 5.86. The van der Waals surface area contributed by atoms with Crippen LogP contribution in [0.25, 0.3) is 0 Å². The Labute approximate surface area is 196 Å². The summed E-state index contributed by atoms with van der Waals surface area (Å²) in [5.41, 5.74) is 1.11. The molecule has 2 aliphatic carbocycles. The second-order valence-electron chi connectivity index (χ2n) is 9.51. The molecule has 0 heterocycles. The van der Waals surface area contributed by atoms with Gasteiger partial charge in [-0.1, -0.05) is 56.0 Å². The number of ether oxygens (including phenoxy) is 1. The molecule has 1 amide bonds. The molecular formula is C26H38N2O5. The van der Waals surface area contributed by atoms with Crippen molar-refractivity contribution in [2.45, 2.75) is 83.3 Å². The fourth-order valence-electron chi connectivity index (χ4n) is 5.58. The topological polar surface area (TPSA) is 95.9 Å². The first-order valence-electron chi connectivity index (χ1n) is 12.4. The molecule has 2 saturated carbocycles. The number of nitrogens with zero attached hydrogens (tertiary/aromatic N) is 1. The molecule has 182 valence electrons. The number of carbonyl (C=O) groups excluding carboxylic acids is 2. The van der Waals surface area contributed by atoms with Gasteiger partial charge < -0.3 is 14.7 Å². The molecule has 7 heteroatoms. The Kier molecular flexibility index (Phi) is 9.30. The molecular weight excluding hydrogens is 420 g/mol. The summed E-state index contributed by atoms with van der Waals surface area (Å²) in [5, 5.41) is 12.6. The Balaban J connectivity index is 1.67. The summed E-state index contributed by atoms with van der Waals surface area (Å²) in [4.78, 5) is 39.1. The SMILES string of the molecule is CCOC(=O)C(CCc1ccccc1)N[C@@H](C)C(=O)N(CC(=O)O)C1CC2CCCCC2C1. The van der Waals surface area contributed by atoms with Gasteiger partial charge >= 0.3 is 11.9 Å². The van der Waals surface area contributed by atoms with E-state index in [1.165, 1.54) is 30.6 Å². The predicted octanol–water partition coefficient (Wildman–Crippen LogP) is 3.41. The third-order valence-corrected chi connectivity index (χ3v) is 7.20. The minimum Gasteiger partial charge on any atom is -0.480 e. The predicted molar refractivity (Wildman–Crippen MR) is 126 cm³/mol. The second-order valence-corrected chi connectivity index (χ2v) is 9.51. The largest absolute Gasteiger partial charge is 0.480 e. The molecule has 0 radical (unpaired) electrons. The van der Waals surface area contributed by atoms with E-state index in [0.29, 0.717) is 24.7 Å². The van der Waals surface area contributed by atoms with Crippen molar-refractivity contribution in [1.82, 2.24) is 10.2 Å². The van der Waals surface area contributed by atoms with Gasteiger partial charge in [0.05, 0.1) is 12.6 Å². The van der Waals surface area contributed by atoms with Crippen LogP contribution in [0.5, 0.6) is 0 Å². The molecule has 1 aromatic rings. The first kappa shape index (κ1) is 25.2. The summed E-state index contributed by atoms with van der Waals surface area (Å²) in [7, 11) is 0. The first-order valence-corrected chi connectivity index (χ1v) is 12.4. The van der Waals surface area contributed by atoms with E-state index in [1.54, 1.807) is 13.8 Å². The van der Waals surface area contributed by atoms with Crippen LogP contribution in [-0.4, -0.2) is 59.1 Å². The van der Waals surface area contributed by atoms with E-state index in [1.807, 2.05) is 30.3 Å². The fourth-order valence-corrected chi connectivity index (χ4v) is 5.58. The maximum atomic E-state index is 13.4. The molecule has 3 rings (SSSR count). The number of benzene rings is 1. The van der Waals surface area contributed by atoms with E-state index >= 15 is 0 Å². The molecule has 0 aromatic heterocycles. The zero-order valence-corrected chi connectivity index (χ0v) is 19.9. The van der Waals surface area contributed by atoms with Crippen LogP contribution in [0, 0.1) is 11.8 Å². The van der Waals surface area contributed by atoms with Crippen LogP contribution in [0.15, 0.2) is 30.3 Å². The van der Waals surface area contributed by atoms with Crippen molar-refractivity contribution in [1.29, 1.82) is 0 Å². The van der Waals surface area contributed by atoms with Gasteiger partial charge in [-0.2, -0.15) is 0 Å². The lowest BCUT2D eigenvalue weighted by atomic mass is 9.82. The van der Waals surface area contributed by atoms with Crippen molar-refractivity contribution in [3.8, 4) is 0 Å². The minimum atomic E-state index is -1.00. The number of amides is 1. The second kappa shape index (κ2) is 12.2. The normalized spacial score (nSPS) is 23.9. The Morgan fingerprint density at radius 1 is 1.12 bits per heavy atom. The highest BCUT2D eigenvalue weighted by Crippen LogP contribution is 2.44. The van der Waals surface area contributed by atoms with Crippen molar-refractivity contribution in [3.05, 3.63) is 35.9 Å². The van der Waals surface area contributed by atoms with Crippen LogP contribution in [0.4, 0.5) is 0 Å². The van der Waals surface area contributed by atoms with Gasteiger partial charge in [-0.3, -0.25) is 19.7 Å². The van der Waals surface area contributed by atoms with Crippen LogP contribution < -0.4 is 5.32 Å². The van der Waals surface area contributed by atoms with E-state index in [0.717, 1.165) is 18.4 Å². The molecule has 7 nitrogen and oxygen atoms in total. The quantitative estimate of drug-likeness (QED) is 0.494. The van der Waals surface area contributed by atoms with Gasteiger partial charge in [-0.15, -0.1) is 0 Å². The molecule has 2 aliphatic rings. The lowest BCUT2D eigenvalue weighted by molar-refractivity contribution is -0.149. The molecule has 1 aromatic carbocycles. The van der Waals surface area contributed by atoms with Crippen LogP contribution >= 0.6 is 0 Å². The molecule has 2 N–H and O–H groups in total. The van der Waals surface area contributed by atoms with Crippen LogP contribution in [0.3, 0.4) is 0 Å². The molecule has 33 heavy (non-hydrogen) atoms. The number of carboxylic acids is 1. The van der Waals surface area contributed by atoms with Crippen molar-refractivity contribution in [3.63, 3.8) is 0 Å². The summed E-state index contributed by atoms with van der Waals surface area (Å²) in [6.45, 7) is 3.44. The molecule has 0 bridgehead atoms. The molecule has 0 aliphatic heterocycles. The summed E-state index contributed by atoms with van der Waals surface area (Å²) >= 11 is 0. The van der Waals surface area contributed by atoms with Crippen molar-refractivity contribution < 1.29 is 24.2 Å². The van der Waals surface area contributed by atoms with Crippen LogP contribution in [0.1, 0.15) is 64.4 Å². The maximum Gasteiger partial charge on any atom is 0.323 e. The third-order valence-electron chi connectivity index (χ3n) is 7.20. The van der Waals surface area contributed by atoms with E-state index in [9.17, 15) is 19.5 Å². The van der Waals surface area contributed by atoms with E-state index in [2.05, 4.69) is 5.32 Å². The number of aliphatic carboxylic acids is 1. The number of rotatable bonds is 11. The van der Waals surface area contributed by atoms with Crippen molar-refractivity contribution in [2.75, 3.05) is 13.2 Å². The van der Waals surface area contributed by atoms with Gasteiger partial charge in [0.1, 0.15) is 12.6 Å². The number of aryl methyl sites for hydroxylation is 1. The first-order chi connectivity index (χ1) is 15.9. The van der Waals surface area contributed by atoms with Gasteiger partial charge in [0, 0.05) is 6.04 Å². The van der Waals surface area contributed by atoms with Crippen molar-refractivity contribution in [2.24, 2.45) is 11.8 Å². The Bertz CT molecular complexity index is 785. The average Bonchev–Trinajstić information content (AvgIpc) is 3.24. The third kappa shape index (κ3) is 7.03. The van der Waals surface area contributed by atoms with E-state index in [4.69, 9.17) is 4.74 Å². The lowest BCUT2D eigenvalue weighted by Gasteiger charge is -2.32. The lowest BCUT2D eigenvalue weighted by Crippen LogP contribution is -2.54. The van der Waals surface area contributed by atoms with E-state index < -0.39 is 18.1 Å². The van der Waals surface area contributed by atoms with E-state index in [-0.39, 0.29) is 31.1 Å². The molecule has 0 saturated heterocycles. The molecule has 0 spiro atoms. The highest BCUT2D eigenvalue weighted by atomic mass is 16.5. The average molecular weight is 459 g/mol. The Morgan fingerprint density at radius 3 is 2.33 bits per heavy atom. The Morgan fingerprint density at radius 2 is 1.76 bits per heavy atom. The number of hydrogen-bond acceptors (Lipinski definition) is 5. The zero-order chi connectivity index (χ0) is 23.8. The summed E-state index contributed by atoms with van der Waals surface area (Å²) < 4.78 is 5.24. The zero-order valence-electron chi connectivity index (χ0n) is 19.9. The van der Waals surface area contributed by atoms with Crippen LogP contribution in [-0.2, 0) is 25.5 Å². The Hall–Kier alpha value is -2.41. The number of esters is 1. The van der Waals surface area contributed by atoms with Crippen LogP contribution in [0.2, 0.25) is 0 Å². The van der Waals surface area contributed by atoms with Gasteiger partial charge in [0.2, 0.25) is 5.91 Å². The number of nitrogens with one attached hydrogen (secondary N) is 1. The number of carboxylic acid groups (broad SMARTS) is 1. The highest BCUT2D eigenvalue weighted by Gasteiger charge is 2.41. The van der Waals surface area contributed by atoms with Gasteiger partial charge in [0.25, 0.3) is 0 Å². The minimum absolute atomic E-state index is 0.0451. The summed E-state index contributed by atoms with van der Waals surface area (Å²) in [6, 6.07) is 8.50. The fraction of sp³-hybridized carbons (Fsp3) is 0.654. The maximum absolute atomic E-state index is 13.4. The number of fused-ring (bicyclic) bond motifs is 1. The van der Waals surface area contributed by atoms with Gasteiger partial charge in [-0.05, 0) is 56.9 Å². The summed E-state index contributed by atoms with van der Waals surface area (Å²) in [5.74, 6) is -0.459. The van der Waals surface area contributed by atoms with Crippen molar-refractivity contribution >= 4 is 17.8 Å². The smallest absolute Gasteiger partial charge is 0.323 e. The monoisotopic (exact) mass is 458 g/mol. The molecule has 2 fully saturated rings. The standard InChI is InChI=1S/C26H38N2O5/c1-3-33-26(32)23(14-13-19-9-5-4-6-10-19)27-18(2)25(31)28(17-24(29)30)22-15-20-11-7-8-12-21(20)16-22/h4-6,9-10,18,20-23,27H,3,7-8,11-17H2,1-2H3,(H,29,30)/t18-,20?,21?,22?,23?/m0/s1. The summed E-state index contributed by atoms with van der Waals surface area (Å²) in [6.07, 6.45) is 7.72. The molecule has 4 atom stereocenters. The number of hydrogen-bond donors (Lipinski definition) is 2. The molecule has 3 unspecified atom stereocenters. The number of carbonyl (C=O) groups is 3. The van der Waals surface area contributed by atoms with Gasteiger partial charge in [-0.25, -0.2) is 0 Å². The van der Waals surface area contributed by atoms with Gasteiger partial charge in [0.15, 0.2) is 0 Å².